The molecule has 0 aliphatic carbocycles. The van der Waals surface area contributed by atoms with Gasteiger partial charge in [-0.3, -0.25) is 4.79 Å². The van der Waals surface area contributed by atoms with Gasteiger partial charge in [-0.15, -0.1) is 0 Å². The molecular weight excluding hydrogens is 150 g/mol. The molecule has 2 nitrogen and oxygen atoms in total. The predicted molar refractivity (Wildman–Crippen MR) is 51.9 cm³/mol. The number of amides is 1. The van der Waals surface area contributed by atoms with Gasteiger partial charge in [0.05, 0.1) is 0 Å². The van der Waals surface area contributed by atoms with Crippen LogP contribution in [-0.2, 0) is 4.79 Å². The molecule has 0 saturated carbocycles. The molecule has 0 aliphatic rings. The largest absolute Gasteiger partial charge is 0.342 e. The highest BCUT2D eigenvalue weighted by atomic mass is 16.2. The van der Waals surface area contributed by atoms with E-state index >= 15 is 0 Å². The first-order chi connectivity index (χ1) is 5.49. The van der Waals surface area contributed by atoms with Crippen molar-refractivity contribution in [3.63, 3.8) is 0 Å². The predicted octanol–water partition coefficient (Wildman–Crippen LogP) is 2.07. The van der Waals surface area contributed by atoms with Gasteiger partial charge in [0.2, 0.25) is 5.91 Å². The summed E-state index contributed by atoms with van der Waals surface area (Å²) in [5.74, 6) is 0.619. The van der Waals surface area contributed by atoms with Crippen molar-refractivity contribution in [1.29, 1.82) is 0 Å². The molecule has 0 aromatic heterocycles. The lowest BCUT2D eigenvalue weighted by molar-refractivity contribution is -0.126. The van der Waals surface area contributed by atoms with E-state index in [2.05, 4.69) is 20.4 Å². The van der Waals surface area contributed by atoms with Gasteiger partial charge in [0.1, 0.15) is 0 Å². The molecule has 0 heterocycles. The van der Waals surface area contributed by atoms with Crippen LogP contribution in [0.5, 0.6) is 0 Å². The monoisotopic (exact) mass is 169 g/mol. The summed E-state index contributed by atoms with van der Waals surface area (Å²) in [5.41, 5.74) is 0.612. The van der Waals surface area contributed by atoms with Gasteiger partial charge in [0.25, 0.3) is 0 Å². The van der Waals surface area contributed by atoms with Crippen molar-refractivity contribution in [2.24, 2.45) is 5.92 Å². The van der Waals surface area contributed by atoms with Crippen molar-refractivity contribution in [3.05, 3.63) is 12.2 Å². The first kappa shape index (κ1) is 11.2. The molecule has 0 bridgehead atoms. The molecule has 0 aliphatic heterocycles. The second-order valence-electron chi connectivity index (χ2n) is 3.48. The fourth-order valence-corrected chi connectivity index (χ4v) is 1.01. The zero-order valence-corrected chi connectivity index (χ0v) is 8.55. The number of hydrogen-bond acceptors (Lipinski definition) is 1. The molecule has 0 unspecified atom stereocenters. The average Bonchev–Trinajstić information content (AvgIpc) is 2.02. The van der Waals surface area contributed by atoms with E-state index in [1.165, 1.54) is 0 Å². The number of nitrogens with zero attached hydrogens (tertiary/aromatic N) is 1. The fraction of sp³-hybridized carbons (Fsp3) is 0.700. The topological polar surface area (TPSA) is 20.3 Å². The maximum absolute atomic E-state index is 11.3. The molecule has 0 radical (unpaired) electrons. The van der Waals surface area contributed by atoms with E-state index in [1.807, 2.05) is 7.05 Å². The molecule has 0 fully saturated rings. The second kappa shape index (κ2) is 4.96. The Balaban J connectivity index is 3.95. The number of rotatable bonds is 4. The smallest absolute Gasteiger partial charge is 0.248 e. The number of carbonyl (C=O) groups excluding carboxylic acids is 1. The van der Waals surface area contributed by atoms with Crippen molar-refractivity contribution in [2.45, 2.75) is 27.2 Å². The maximum Gasteiger partial charge on any atom is 0.248 e. The van der Waals surface area contributed by atoms with E-state index in [1.54, 1.807) is 11.8 Å². The normalized spacial score (nSPS) is 12.3. The standard InChI is InChI=1S/C10H19NO/c1-6-9(4)7-11(5)10(12)8(2)3/h9H,2,6-7H2,1,3-5H3/t9-/m0/s1. The quantitative estimate of drug-likeness (QED) is 0.590. The van der Waals surface area contributed by atoms with Crippen LogP contribution in [0.25, 0.3) is 0 Å². The molecule has 0 aromatic carbocycles. The van der Waals surface area contributed by atoms with Crippen molar-refractivity contribution in [1.82, 2.24) is 4.90 Å². The Morgan fingerprint density at radius 1 is 1.58 bits per heavy atom. The van der Waals surface area contributed by atoms with Crippen LogP contribution in [-0.4, -0.2) is 24.4 Å². The van der Waals surface area contributed by atoms with Crippen LogP contribution in [0.3, 0.4) is 0 Å². The Hall–Kier alpha value is -0.790. The average molecular weight is 169 g/mol. The van der Waals surface area contributed by atoms with Crippen LogP contribution >= 0.6 is 0 Å². The van der Waals surface area contributed by atoms with Gasteiger partial charge in [-0.1, -0.05) is 26.8 Å². The lowest BCUT2D eigenvalue weighted by Crippen LogP contribution is -2.31. The highest BCUT2D eigenvalue weighted by molar-refractivity contribution is 5.91. The third-order valence-electron chi connectivity index (χ3n) is 1.99. The van der Waals surface area contributed by atoms with Gasteiger partial charge in [-0.05, 0) is 12.8 Å². The Morgan fingerprint density at radius 3 is 2.42 bits per heavy atom. The molecule has 0 N–H and O–H groups in total. The minimum Gasteiger partial charge on any atom is -0.342 e. The van der Waals surface area contributed by atoms with Gasteiger partial charge in [0.15, 0.2) is 0 Å². The van der Waals surface area contributed by atoms with Crippen molar-refractivity contribution in [3.8, 4) is 0 Å². The zero-order valence-electron chi connectivity index (χ0n) is 8.55. The highest BCUT2D eigenvalue weighted by Crippen LogP contribution is 2.04. The summed E-state index contributed by atoms with van der Waals surface area (Å²) in [7, 11) is 1.82. The Kier molecular flexibility index (Phi) is 4.64. The van der Waals surface area contributed by atoms with Crippen LogP contribution in [0.1, 0.15) is 27.2 Å². The SMILES string of the molecule is C=C(C)C(=O)N(C)C[C@@H](C)CC. The van der Waals surface area contributed by atoms with E-state index in [-0.39, 0.29) is 5.91 Å². The fourth-order valence-electron chi connectivity index (χ4n) is 1.01. The minimum absolute atomic E-state index is 0.0512. The highest BCUT2D eigenvalue weighted by Gasteiger charge is 2.10. The molecule has 0 rings (SSSR count). The minimum atomic E-state index is 0.0512. The number of hydrogen-bond donors (Lipinski definition) is 0. The third kappa shape index (κ3) is 3.56. The summed E-state index contributed by atoms with van der Waals surface area (Å²) in [4.78, 5) is 13.1. The number of carbonyl (C=O) groups is 1. The Morgan fingerprint density at radius 2 is 2.08 bits per heavy atom. The van der Waals surface area contributed by atoms with Crippen molar-refractivity contribution in [2.75, 3.05) is 13.6 Å². The van der Waals surface area contributed by atoms with E-state index < -0.39 is 0 Å². The van der Waals surface area contributed by atoms with Crippen molar-refractivity contribution >= 4 is 5.91 Å². The van der Waals surface area contributed by atoms with Crippen LogP contribution in [0.2, 0.25) is 0 Å². The lowest BCUT2D eigenvalue weighted by atomic mass is 10.1. The first-order valence-corrected chi connectivity index (χ1v) is 4.40. The molecule has 1 amide bonds. The van der Waals surface area contributed by atoms with E-state index in [9.17, 15) is 4.79 Å². The molecule has 70 valence electrons. The van der Waals surface area contributed by atoms with E-state index in [0.29, 0.717) is 11.5 Å². The van der Waals surface area contributed by atoms with E-state index in [0.717, 1.165) is 13.0 Å². The molecular formula is C10H19NO. The summed E-state index contributed by atoms with van der Waals surface area (Å²) >= 11 is 0. The van der Waals surface area contributed by atoms with Crippen LogP contribution in [0, 0.1) is 5.92 Å². The molecule has 1 atom stereocenters. The van der Waals surface area contributed by atoms with Gasteiger partial charge < -0.3 is 4.90 Å². The Labute approximate surface area is 75.3 Å². The van der Waals surface area contributed by atoms with Gasteiger partial charge in [-0.2, -0.15) is 0 Å². The molecule has 2 heteroatoms. The summed E-state index contributed by atoms with van der Waals surface area (Å²) in [5, 5.41) is 0. The summed E-state index contributed by atoms with van der Waals surface area (Å²) in [6.07, 6.45) is 1.10. The first-order valence-electron chi connectivity index (χ1n) is 4.40. The van der Waals surface area contributed by atoms with E-state index in [4.69, 9.17) is 0 Å². The molecule has 0 aromatic rings. The Bertz CT molecular complexity index is 175. The van der Waals surface area contributed by atoms with Gasteiger partial charge in [-0.25, -0.2) is 0 Å². The second-order valence-corrected chi connectivity index (χ2v) is 3.48. The molecule has 0 saturated heterocycles. The van der Waals surface area contributed by atoms with Crippen LogP contribution in [0.15, 0.2) is 12.2 Å². The van der Waals surface area contributed by atoms with Crippen LogP contribution in [0.4, 0.5) is 0 Å². The molecule has 12 heavy (non-hydrogen) atoms. The van der Waals surface area contributed by atoms with Gasteiger partial charge in [0, 0.05) is 19.2 Å². The van der Waals surface area contributed by atoms with Crippen LogP contribution < -0.4 is 0 Å². The maximum atomic E-state index is 11.3. The van der Waals surface area contributed by atoms with Gasteiger partial charge >= 0.3 is 0 Å². The third-order valence-corrected chi connectivity index (χ3v) is 1.99. The zero-order chi connectivity index (χ0) is 9.72. The lowest BCUT2D eigenvalue weighted by Gasteiger charge is -2.20. The number of likely N-dealkylation sites (N-methyl/N-ethyl adjacent to an activating group) is 1. The van der Waals surface area contributed by atoms with Crippen molar-refractivity contribution < 1.29 is 4.79 Å². The summed E-state index contributed by atoms with van der Waals surface area (Å²) in [6.45, 7) is 10.5. The molecule has 0 spiro atoms. The summed E-state index contributed by atoms with van der Waals surface area (Å²) in [6, 6.07) is 0. The summed E-state index contributed by atoms with van der Waals surface area (Å²) < 4.78 is 0.